The minimum atomic E-state index is -0.495. The molecule has 0 saturated carbocycles. The van der Waals surface area contributed by atoms with Crippen molar-refractivity contribution in [2.45, 2.75) is 39.5 Å². The summed E-state index contributed by atoms with van der Waals surface area (Å²) in [4.78, 5) is 36.2. The second kappa shape index (κ2) is 5.62. The van der Waals surface area contributed by atoms with Crippen molar-refractivity contribution in [2.75, 3.05) is 6.61 Å². The summed E-state index contributed by atoms with van der Waals surface area (Å²) in [5.74, 6) is -0.209. The third-order valence-electron chi connectivity index (χ3n) is 3.45. The van der Waals surface area contributed by atoms with Crippen LogP contribution in [0.2, 0.25) is 0 Å². The van der Waals surface area contributed by atoms with Crippen LogP contribution in [0.3, 0.4) is 0 Å². The molecular formula is C13H18N2O5. The Bertz CT molecular complexity index is 618. The van der Waals surface area contributed by atoms with Gasteiger partial charge in [0.1, 0.15) is 12.8 Å². The van der Waals surface area contributed by atoms with E-state index in [0.717, 1.165) is 0 Å². The molecule has 0 aromatic carbocycles. The highest BCUT2D eigenvalue weighted by molar-refractivity contribution is 5.65. The number of nitrogens with zero attached hydrogens (tertiary/aromatic N) is 1. The van der Waals surface area contributed by atoms with Crippen molar-refractivity contribution < 1.29 is 14.3 Å². The summed E-state index contributed by atoms with van der Waals surface area (Å²) in [6, 6.07) is 0. The van der Waals surface area contributed by atoms with Crippen LogP contribution in [0.1, 0.15) is 32.1 Å². The summed E-state index contributed by atoms with van der Waals surface area (Å²) in [5.41, 5.74) is -0.441. The van der Waals surface area contributed by atoms with Gasteiger partial charge in [-0.3, -0.25) is 19.1 Å². The SMILES string of the molecule is CC(=O)OC[C@H]1O[C@@H](n2cc(C)c(=O)[nH]c2=O)C[C@@H]1C. The predicted octanol–water partition coefficient (Wildman–Crippen LogP) is 0.332. The van der Waals surface area contributed by atoms with Crippen LogP contribution in [0.4, 0.5) is 0 Å². The highest BCUT2D eigenvalue weighted by atomic mass is 16.6. The lowest BCUT2D eigenvalue weighted by Crippen LogP contribution is -2.33. The molecule has 20 heavy (non-hydrogen) atoms. The van der Waals surface area contributed by atoms with Crippen molar-refractivity contribution in [1.29, 1.82) is 0 Å². The van der Waals surface area contributed by atoms with E-state index in [2.05, 4.69) is 4.98 Å². The lowest BCUT2D eigenvalue weighted by atomic mass is 10.0. The molecule has 1 fully saturated rings. The Morgan fingerprint density at radius 1 is 1.55 bits per heavy atom. The van der Waals surface area contributed by atoms with Gasteiger partial charge in [0.25, 0.3) is 5.56 Å². The van der Waals surface area contributed by atoms with E-state index in [4.69, 9.17) is 9.47 Å². The maximum absolute atomic E-state index is 11.8. The van der Waals surface area contributed by atoms with E-state index in [1.807, 2.05) is 6.92 Å². The molecule has 2 heterocycles. The van der Waals surface area contributed by atoms with Gasteiger partial charge in [0.05, 0.1) is 6.10 Å². The largest absolute Gasteiger partial charge is 0.463 e. The highest BCUT2D eigenvalue weighted by Crippen LogP contribution is 2.32. The molecule has 7 heteroatoms. The quantitative estimate of drug-likeness (QED) is 0.807. The number of aryl methyl sites for hydroxylation is 1. The van der Waals surface area contributed by atoms with Crippen LogP contribution in [0, 0.1) is 12.8 Å². The number of ether oxygens (including phenoxy) is 2. The van der Waals surface area contributed by atoms with Crippen LogP contribution in [0.25, 0.3) is 0 Å². The normalized spacial score (nSPS) is 25.6. The first-order chi connectivity index (χ1) is 9.38. The second-order valence-corrected chi connectivity index (χ2v) is 5.12. The van der Waals surface area contributed by atoms with Gasteiger partial charge in [-0.2, -0.15) is 0 Å². The maximum Gasteiger partial charge on any atom is 0.330 e. The minimum Gasteiger partial charge on any atom is -0.463 e. The molecule has 0 amide bonds. The number of carbonyl (C=O) groups excluding carboxylic acids is 1. The standard InChI is InChI=1S/C13H18N2O5/c1-7-4-11(20-10(7)6-19-9(3)16)15-5-8(2)12(17)14-13(15)18/h5,7,10-11H,4,6H2,1-3H3,(H,14,17,18)/t7-,10+,11+/m0/s1. The molecule has 1 N–H and O–H groups in total. The van der Waals surface area contributed by atoms with E-state index in [9.17, 15) is 14.4 Å². The lowest BCUT2D eigenvalue weighted by molar-refractivity contribution is -0.146. The fourth-order valence-electron chi connectivity index (χ4n) is 2.24. The van der Waals surface area contributed by atoms with Gasteiger partial charge in [0.15, 0.2) is 0 Å². The predicted molar refractivity (Wildman–Crippen MR) is 70.4 cm³/mol. The van der Waals surface area contributed by atoms with Crippen LogP contribution < -0.4 is 11.2 Å². The van der Waals surface area contributed by atoms with E-state index in [0.29, 0.717) is 12.0 Å². The smallest absolute Gasteiger partial charge is 0.330 e. The summed E-state index contributed by atoms with van der Waals surface area (Å²) >= 11 is 0. The first-order valence-corrected chi connectivity index (χ1v) is 6.49. The molecule has 0 radical (unpaired) electrons. The van der Waals surface area contributed by atoms with Crippen LogP contribution >= 0.6 is 0 Å². The monoisotopic (exact) mass is 282 g/mol. The molecule has 0 aliphatic carbocycles. The van der Waals surface area contributed by atoms with E-state index in [-0.39, 0.29) is 24.6 Å². The topological polar surface area (TPSA) is 90.4 Å². The van der Waals surface area contributed by atoms with Crippen LogP contribution in [-0.4, -0.2) is 28.2 Å². The average molecular weight is 282 g/mol. The van der Waals surface area contributed by atoms with Gasteiger partial charge < -0.3 is 9.47 Å². The van der Waals surface area contributed by atoms with Crippen molar-refractivity contribution in [3.63, 3.8) is 0 Å². The second-order valence-electron chi connectivity index (χ2n) is 5.12. The summed E-state index contributed by atoms with van der Waals surface area (Å²) in [7, 11) is 0. The number of hydrogen-bond donors (Lipinski definition) is 1. The zero-order valence-corrected chi connectivity index (χ0v) is 11.7. The van der Waals surface area contributed by atoms with Gasteiger partial charge in [-0.15, -0.1) is 0 Å². The number of nitrogens with one attached hydrogen (secondary N) is 1. The van der Waals surface area contributed by atoms with Crippen LogP contribution in [-0.2, 0) is 14.3 Å². The first kappa shape index (κ1) is 14.5. The molecule has 1 aromatic rings. The Labute approximate surface area is 115 Å². The summed E-state index contributed by atoms with van der Waals surface area (Å²) in [6.07, 6.45) is 1.42. The molecule has 2 rings (SSSR count). The minimum absolute atomic E-state index is 0.151. The van der Waals surface area contributed by atoms with Gasteiger partial charge in [0.2, 0.25) is 0 Å². The van der Waals surface area contributed by atoms with E-state index in [1.54, 1.807) is 6.92 Å². The lowest BCUT2D eigenvalue weighted by Gasteiger charge is -2.16. The number of aromatic amines is 1. The summed E-state index contributed by atoms with van der Waals surface area (Å²) < 4.78 is 12.1. The van der Waals surface area contributed by atoms with E-state index < -0.39 is 17.5 Å². The molecule has 3 atom stereocenters. The van der Waals surface area contributed by atoms with Gasteiger partial charge in [0, 0.05) is 18.7 Å². The van der Waals surface area contributed by atoms with Crippen molar-refractivity contribution in [3.8, 4) is 0 Å². The highest BCUT2D eigenvalue weighted by Gasteiger charge is 2.34. The Morgan fingerprint density at radius 2 is 2.25 bits per heavy atom. The Hall–Kier alpha value is -1.89. The van der Waals surface area contributed by atoms with Crippen molar-refractivity contribution in [1.82, 2.24) is 9.55 Å². The number of carbonyl (C=O) groups is 1. The molecule has 1 aliphatic heterocycles. The molecule has 0 unspecified atom stereocenters. The fraction of sp³-hybridized carbons (Fsp3) is 0.615. The number of esters is 1. The van der Waals surface area contributed by atoms with Crippen molar-refractivity contribution in [3.05, 3.63) is 32.6 Å². The van der Waals surface area contributed by atoms with Gasteiger partial charge >= 0.3 is 11.7 Å². The number of aromatic nitrogens is 2. The number of H-pyrrole nitrogens is 1. The Morgan fingerprint density at radius 3 is 2.90 bits per heavy atom. The van der Waals surface area contributed by atoms with Crippen LogP contribution in [0.5, 0.6) is 0 Å². The third kappa shape index (κ3) is 2.98. The van der Waals surface area contributed by atoms with Gasteiger partial charge in [-0.1, -0.05) is 6.92 Å². The molecule has 1 aromatic heterocycles. The fourth-order valence-corrected chi connectivity index (χ4v) is 2.24. The molecule has 1 saturated heterocycles. The van der Waals surface area contributed by atoms with Crippen LogP contribution in [0.15, 0.2) is 15.8 Å². The summed E-state index contributed by atoms with van der Waals surface area (Å²) in [6.45, 7) is 5.11. The Kier molecular flexibility index (Phi) is 4.08. The molecule has 7 nitrogen and oxygen atoms in total. The molecule has 1 aliphatic rings. The zero-order chi connectivity index (χ0) is 14.9. The Balaban J connectivity index is 2.16. The molecule has 110 valence electrons. The number of hydrogen-bond acceptors (Lipinski definition) is 5. The average Bonchev–Trinajstić information content (AvgIpc) is 2.72. The van der Waals surface area contributed by atoms with Gasteiger partial charge in [-0.25, -0.2) is 4.79 Å². The summed E-state index contributed by atoms with van der Waals surface area (Å²) in [5, 5.41) is 0. The van der Waals surface area contributed by atoms with E-state index in [1.165, 1.54) is 17.7 Å². The third-order valence-corrected chi connectivity index (χ3v) is 3.45. The number of rotatable bonds is 3. The first-order valence-electron chi connectivity index (χ1n) is 6.49. The molecular weight excluding hydrogens is 264 g/mol. The maximum atomic E-state index is 11.8. The van der Waals surface area contributed by atoms with Gasteiger partial charge in [-0.05, 0) is 19.3 Å². The van der Waals surface area contributed by atoms with E-state index >= 15 is 0 Å². The zero-order valence-electron chi connectivity index (χ0n) is 11.7. The molecule has 0 spiro atoms. The van der Waals surface area contributed by atoms with Crippen molar-refractivity contribution >= 4 is 5.97 Å². The van der Waals surface area contributed by atoms with Crippen molar-refractivity contribution in [2.24, 2.45) is 5.92 Å². The molecule has 0 bridgehead atoms.